The maximum Gasteiger partial charge on any atom is 0.323 e. The number of hydrogen-bond donors (Lipinski definition) is 3. The Balaban J connectivity index is 1.11. The summed E-state index contributed by atoms with van der Waals surface area (Å²) in [6.07, 6.45) is -0.978. The largest absolute Gasteiger partial charge is 0.496 e. The number of ether oxygens (including phenoxy) is 4. The van der Waals surface area contributed by atoms with Crippen molar-refractivity contribution >= 4 is 29.2 Å². The fourth-order valence-corrected chi connectivity index (χ4v) is 6.66. The number of aliphatic hydroxyl groups is 1. The molecule has 0 spiro atoms. The number of carbonyl (C=O) groups excluding carboxylic acids is 1. The van der Waals surface area contributed by atoms with Gasteiger partial charge in [0.05, 0.1) is 25.9 Å². The minimum atomic E-state index is -0.619. The van der Waals surface area contributed by atoms with E-state index in [0.29, 0.717) is 22.9 Å². The van der Waals surface area contributed by atoms with Crippen LogP contribution < -0.4 is 20.1 Å². The van der Waals surface area contributed by atoms with Gasteiger partial charge in [0.15, 0.2) is 6.29 Å². The lowest BCUT2D eigenvalue weighted by Gasteiger charge is -2.41. The number of amides is 2. The molecule has 3 N–H and O–H groups in total. The maximum atomic E-state index is 12.8. The van der Waals surface area contributed by atoms with Gasteiger partial charge in [-0.05, 0) is 71.8 Å². The van der Waals surface area contributed by atoms with Crippen LogP contribution in [0.1, 0.15) is 36.0 Å². The summed E-state index contributed by atoms with van der Waals surface area (Å²) in [5, 5.41) is 15.3. The Labute approximate surface area is 285 Å². The van der Waals surface area contributed by atoms with Crippen LogP contribution in [-0.2, 0) is 16.1 Å². The maximum absolute atomic E-state index is 12.8. The molecule has 0 saturated carbocycles. The van der Waals surface area contributed by atoms with Gasteiger partial charge in [-0.3, -0.25) is 0 Å². The van der Waals surface area contributed by atoms with Crippen LogP contribution >= 0.6 is 11.8 Å². The van der Waals surface area contributed by atoms with Crippen molar-refractivity contribution < 1.29 is 28.8 Å². The Morgan fingerprint density at radius 1 is 0.750 bits per heavy atom. The molecule has 5 aromatic rings. The van der Waals surface area contributed by atoms with Crippen molar-refractivity contribution in [1.82, 2.24) is 0 Å². The average molecular weight is 663 g/mol. The molecule has 6 rings (SSSR count). The number of benzene rings is 5. The molecule has 1 heterocycles. The topological polar surface area (TPSA) is 98.3 Å². The number of para-hydroxylation sites is 2. The summed E-state index contributed by atoms with van der Waals surface area (Å²) in [5.74, 6) is 3.00. The lowest BCUT2D eigenvalue weighted by molar-refractivity contribution is -0.268. The second-order valence-corrected chi connectivity index (χ2v) is 12.5. The van der Waals surface area contributed by atoms with Gasteiger partial charge in [0.1, 0.15) is 17.2 Å². The van der Waals surface area contributed by atoms with E-state index in [4.69, 9.17) is 18.9 Å². The van der Waals surface area contributed by atoms with Crippen molar-refractivity contribution in [3.05, 3.63) is 144 Å². The molecule has 5 aromatic carbocycles. The summed E-state index contributed by atoms with van der Waals surface area (Å²) in [7, 11) is 1.68. The SMILES string of the molecule is COc1ccccc1SCC1OC(c2ccc(NC(=O)Nc3ccc(Oc4ccccc4)cc3)cc2)OC(c2ccc(CO)cc2)C1C. The Morgan fingerprint density at radius 3 is 2.02 bits per heavy atom. The van der Waals surface area contributed by atoms with Crippen LogP contribution in [0.5, 0.6) is 17.2 Å². The van der Waals surface area contributed by atoms with Gasteiger partial charge in [-0.2, -0.15) is 0 Å². The summed E-state index contributed by atoms with van der Waals surface area (Å²) in [5.41, 5.74) is 3.97. The van der Waals surface area contributed by atoms with E-state index in [9.17, 15) is 9.90 Å². The van der Waals surface area contributed by atoms with Crippen molar-refractivity contribution in [2.45, 2.75) is 36.9 Å². The van der Waals surface area contributed by atoms with E-state index in [0.717, 1.165) is 33.1 Å². The van der Waals surface area contributed by atoms with Gasteiger partial charge in [-0.1, -0.05) is 73.7 Å². The summed E-state index contributed by atoms with van der Waals surface area (Å²) in [6.45, 7) is 2.13. The molecule has 48 heavy (non-hydrogen) atoms. The Kier molecular flexibility index (Phi) is 10.9. The van der Waals surface area contributed by atoms with Gasteiger partial charge in [0.25, 0.3) is 0 Å². The van der Waals surface area contributed by atoms with E-state index in [2.05, 4.69) is 17.6 Å². The highest BCUT2D eigenvalue weighted by molar-refractivity contribution is 7.99. The second-order valence-electron chi connectivity index (χ2n) is 11.4. The number of methoxy groups -OCH3 is 1. The molecular weight excluding hydrogens is 625 g/mol. The highest BCUT2D eigenvalue weighted by atomic mass is 32.2. The Hall–Kier alpha value is -4.80. The molecule has 0 bridgehead atoms. The summed E-state index contributed by atoms with van der Waals surface area (Å²) < 4.78 is 24.6. The fraction of sp³-hybridized carbons (Fsp3) is 0.205. The molecular formula is C39H38N2O6S. The highest BCUT2D eigenvalue weighted by Crippen LogP contribution is 2.43. The molecule has 9 heteroatoms. The van der Waals surface area contributed by atoms with Crippen molar-refractivity contribution in [2.75, 3.05) is 23.5 Å². The van der Waals surface area contributed by atoms with E-state index in [-0.39, 0.29) is 30.8 Å². The molecule has 1 aliphatic heterocycles. The van der Waals surface area contributed by atoms with Gasteiger partial charge in [-0.25, -0.2) is 4.79 Å². The number of aliphatic hydroxyl groups excluding tert-OH is 1. The average Bonchev–Trinajstić information content (AvgIpc) is 3.13. The van der Waals surface area contributed by atoms with E-state index >= 15 is 0 Å². The van der Waals surface area contributed by atoms with Crippen LogP contribution in [0.15, 0.2) is 132 Å². The van der Waals surface area contributed by atoms with Crippen LogP contribution in [0, 0.1) is 5.92 Å². The molecule has 1 fully saturated rings. The normalized spacial score (nSPS) is 18.9. The molecule has 246 valence electrons. The number of hydrogen-bond acceptors (Lipinski definition) is 7. The Bertz CT molecular complexity index is 1770. The Morgan fingerprint density at radius 2 is 1.35 bits per heavy atom. The molecule has 2 amide bonds. The predicted octanol–water partition coefficient (Wildman–Crippen LogP) is 9.21. The van der Waals surface area contributed by atoms with Crippen molar-refractivity contribution in [3.63, 3.8) is 0 Å². The third-order valence-electron chi connectivity index (χ3n) is 8.13. The molecule has 4 atom stereocenters. The summed E-state index contributed by atoms with van der Waals surface area (Å²) >= 11 is 1.69. The lowest BCUT2D eigenvalue weighted by atomic mass is 9.91. The van der Waals surface area contributed by atoms with Gasteiger partial charge in [0, 0.05) is 33.5 Å². The number of anilines is 2. The number of carbonyl (C=O) groups is 1. The van der Waals surface area contributed by atoms with E-state index in [1.807, 2.05) is 103 Å². The predicted molar refractivity (Wildman–Crippen MR) is 189 cm³/mol. The minimum absolute atomic E-state index is 0.0142. The van der Waals surface area contributed by atoms with Crippen molar-refractivity contribution in [1.29, 1.82) is 0 Å². The summed E-state index contributed by atoms with van der Waals surface area (Å²) in [4.78, 5) is 13.8. The van der Waals surface area contributed by atoms with Gasteiger partial charge in [-0.15, -0.1) is 11.8 Å². The van der Waals surface area contributed by atoms with Crippen LogP contribution in [-0.4, -0.2) is 30.1 Å². The molecule has 1 saturated heterocycles. The third kappa shape index (κ3) is 8.37. The number of nitrogens with one attached hydrogen (secondary N) is 2. The first-order valence-corrected chi connectivity index (χ1v) is 16.7. The minimum Gasteiger partial charge on any atom is -0.496 e. The molecule has 1 aliphatic rings. The molecule has 4 unspecified atom stereocenters. The smallest absolute Gasteiger partial charge is 0.323 e. The number of rotatable bonds is 11. The number of urea groups is 1. The first-order chi connectivity index (χ1) is 23.5. The zero-order valence-electron chi connectivity index (χ0n) is 26.7. The van der Waals surface area contributed by atoms with Crippen LogP contribution in [0.25, 0.3) is 0 Å². The van der Waals surface area contributed by atoms with Gasteiger partial charge >= 0.3 is 6.03 Å². The van der Waals surface area contributed by atoms with Crippen LogP contribution in [0.2, 0.25) is 0 Å². The van der Waals surface area contributed by atoms with Crippen LogP contribution in [0.4, 0.5) is 16.2 Å². The van der Waals surface area contributed by atoms with E-state index in [1.54, 1.807) is 43.1 Å². The number of thioether (sulfide) groups is 1. The van der Waals surface area contributed by atoms with E-state index in [1.165, 1.54) is 0 Å². The lowest BCUT2D eigenvalue weighted by Crippen LogP contribution is -2.38. The molecule has 0 aromatic heterocycles. The standard InChI is InChI=1S/C39H38N2O6S/c1-26-35(25-48-36-11-7-6-10-34(36)44-2)46-38(47-37(26)28-14-12-27(24-42)13-15-28)29-16-18-30(19-17-29)40-39(43)41-31-20-22-33(23-21-31)45-32-8-4-3-5-9-32/h3-23,26,35,37-38,42H,24-25H2,1-2H3,(H2,40,41,43). The summed E-state index contributed by atoms with van der Waals surface area (Å²) in [6, 6.07) is 39.7. The molecule has 0 radical (unpaired) electrons. The fourth-order valence-electron chi connectivity index (χ4n) is 5.47. The zero-order chi connectivity index (χ0) is 33.3. The first-order valence-electron chi connectivity index (χ1n) is 15.8. The zero-order valence-corrected chi connectivity index (χ0v) is 27.6. The quantitative estimate of drug-likeness (QED) is 0.121. The van der Waals surface area contributed by atoms with Gasteiger partial charge in [0.2, 0.25) is 0 Å². The molecule has 0 aliphatic carbocycles. The van der Waals surface area contributed by atoms with Crippen molar-refractivity contribution in [3.8, 4) is 17.2 Å². The van der Waals surface area contributed by atoms with Crippen molar-refractivity contribution in [2.24, 2.45) is 5.92 Å². The van der Waals surface area contributed by atoms with Crippen LogP contribution in [0.3, 0.4) is 0 Å². The van der Waals surface area contributed by atoms with E-state index < -0.39 is 6.29 Å². The highest BCUT2D eigenvalue weighted by Gasteiger charge is 2.38. The molecule has 8 nitrogen and oxygen atoms in total. The first kappa shape index (κ1) is 33.1. The third-order valence-corrected chi connectivity index (χ3v) is 9.27. The van der Waals surface area contributed by atoms with Gasteiger partial charge < -0.3 is 34.7 Å². The monoisotopic (exact) mass is 662 g/mol. The second kappa shape index (κ2) is 15.9.